The van der Waals surface area contributed by atoms with E-state index in [1.807, 2.05) is 0 Å². The summed E-state index contributed by atoms with van der Waals surface area (Å²) in [5.74, 6) is 1.70. The van der Waals surface area contributed by atoms with E-state index in [9.17, 15) is 0 Å². The number of rotatable bonds is 2. The monoisotopic (exact) mass is 250 g/mol. The average Bonchev–Trinajstić information content (AvgIpc) is 2.17. The van der Waals surface area contributed by atoms with Gasteiger partial charge in [0.2, 0.25) is 0 Å². The van der Waals surface area contributed by atoms with Crippen LogP contribution in [-0.4, -0.2) is 5.60 Å². The molecule has 0 aromatic rings. The number of allylic oxidation sites excluding steroid dienone is 4. The first-order valence-electron chi connectivity index (χ1n) is 7.17. The molecule has 0 saturated heterocycles. The second-order valence-corrected chi connectivity index (χ2v) is 7.48. The fraction of sp³-hybridized carbons (Fsp3) is 0.765. The van der Waals surface area contributed by atoms with E-state index in [0.717, 1.165) is 12.8 Å². The molecule has 0 amide bonds. The van der Waals surface area contributed by atoms with Gasteiger partial charge in [-0.2, -0.15) is 0 Å². The summed E-state index contributed by atoms with van der Waals surface area (Å²) in [5.41, 5.74) is 3.10. The van der Waals surface area contributed by atoms with Gasteiger partial charge in [0, 0.05) is 5.92 Å². The molecule has 1 aliphatic carbocycles. The van der Waals surface area contributed by atoms with Crippen molar-refractivity contribution in [1.82, 2.24) is 0 Å². The molecule has 1 unspecified atom stereocenters. The molecule has 0 spiro atoms. The Morgan fingerprint density at radius 2 is 1.72 bits per heavy atom. The maximum Gasteiger partial charge on any atom is 0.103 e. The van der Waals surface area contributed by atoms with Gasteiger partial charge in [-0.1, -0.05) is 46.3 Å². The summed E-state index contributed by atoms with van der Waals surface area (Å²) in [6.45, 7) is 17.8. The van der Waals surface area contributed by atoms with Crippen molar-refractivity contribution in [1.29, 1.82) is 0 Å². The molecule has 0 N–H and O–H groups in total. The molecule has 0 saturated carbocycles. The summed E-state index contributed by atoms with van der Waals surface area (Å²) in [6.07, 6.45) is 4.55. The van der Waals surface area contributed by atoms with Gasteiger partial charge in [0.25, 0.3) is 0 Å². The average molecular weight is 250 g/mol. The minimum atomic E-state index is -0.100. The third-order valence-corrected chi connectivity index (χ3v) is 3.40. The van der Waals surface area contributed by atoms with Crippen LogP contribution < -0.4 is 0 Å². The van der Waals surface area contributed by atoms with E-state index >= 15 is 0 Å². The van der Waals surface area contributed by atoms with Crippen molar-refractivity contribution in [2.24, 2.45) is 11.3 Å². The predicted molar refractivity (Wildman–Crippen MR) is 79.5 cm³/mol. The summed E-state index contributed by atoms with van der Waals surface area (Å²) in [6, 6.07) is 0. The molecule has 0 heterocycles. The van der Waals surface area contributed by atoms with E-state index < -0.39 is 0 Å². The van der Waals surface area contributed by atoms with Gasteiger partial charge in [0.05, 0.1) is 0 Å². The minimum absolute atomic E-state index is 0.100. The molecular formula is C17H30O. The van der Waals surface area contributed by atoms with Crippen molar-refractivity contribution in [3.8, 4) is 0 Å². The zero-order valence-corrected chi connectivity index (χ0v) is 13.5. The van der Waals surface area contributed by atoms with Crippen LogP contribution in [0.1, 0.15) is 68.2 Å². The van der Waals surface area contributed by atoms with Crippen molar-refractivity contribution in [2.75, 3.05) is 0 Å². The van der Waals surface area contributed by atoms with Gasteiger partial charge >= 0.3 is 0 Å². The van der Waals surface area contributed by atoms with Crippen molar-refractivity contribution >= 4 is 0 Å². The molecule has 18 heavy (non-hydrogen) atoms. The largest absolute Gasteiger partial charge is 0.492 e. The van der Waals surface area contributed by atoms with Crippen molar-refractivity contribution in [2.45, 2.75) is 73.8 Å². The summed E-state index contributed by atoms with van der Waals surface area (Å²) in [4.78, 5) is 0. The normalized spacial score (nSPS) is 22.0. The van der Waals surface area contributed by atoms with Gasteiger partial charge in [-0.25, -0.2) is 0 Å². The van der Waals surface area contributed by atoms with Crippen LogP contribution in [0, 0.1) is 11.3 Å². The Kier molecular flexibility index (Phi) is 4.35. The molecule has 1 rings (SSSR count). The molecule has 1 nitrogen and oxygen atoms in total. The van der Waals surface area contributed by atoms with Crippen molar-refractivity contribution in [3.05, 3.63) is 23.0 Å². The highest BCUT2D eigenvalue weighted by molar-refractivity contribution is 5.35. The van der Waals surface area contributed by atoms with E-state index in [1.54, 1.807) is 5.57 Å². The van der Waals surface area contributed by atoms with Gasteiger partial charge in [0.15, 0.2) is 0 Å². The second kappa shape index (κ2) is 5.11. The summed E-state index contributed by atoms with van der Waals surface area (Å²) in [7, 11) is 0. The van der Waals surface area contributed by atoms with Crippen LogP contribution in [0.2, 0.25) is 0 Å². The van der Waals surface area contributed by atoms with Crippen LogP contribution in [0.3, 0.4) is 0 Å². The molecule has 0 aromatic heterocycles. The Morgan fingerprint density at radius 1 is 1.17 bits per heavy atom. The van der Waals surface area contributed by atoms with Gasteiger partial charge in [-0.05, 0) is 44.6 Å². The van der Waals surface area contributed by atoms with E-state index in [-0.39, 0.29) is 11.0 Å². The van der Waals surface area contributed by atoms with Gasteiger partial charge in [-0.3, -0.25) is 0 Å². The third-order valence-electron chi connectivity index (χ3n) is 3.40. The molecule has 0 fully saturated rings. The third kappa shape index (κ3) is 3.90. The lowest BCUT2D eigenvalue weighted by Crippen LogP contribution is -2.25. The minimum Gasteiger partial charge on any atom is -0.492 e. The van der Waals surface area contributed by atoms with Crippen LogP contribution in [0.5, 0.6) is 0 Å². The Bertz CT molecular complexity index is 358. The quantitative estimate of drug-likeness (QED) is 0.630. The van der Waals surface area contributed by atoms with Crippen molar-refractivity contribution < 1.29 is 4.74 Å². The topological polar surface area (TPSA) is 9.23 Å². The van der Waals surface area contributed by atoms with Crippen molar-refractivity contribution in [3.63, 3.8) is 0 Å². The summed E-state index contributed by atoms with van der Waals surface area (Å²) < 4.78 is 6.19. The highest BCUT2D eigenvalue weighted by atomic mass is 16.5. The van der Waals surface area contributed by atoms with Gasteiger partial charge < -0.3 is 4.74 Å². The Hall–Kier alpha value is -0.720. The molecule has 1 atom stereocenters. The zero-order chi connectivity index (χ0) is 14.1. The predicted octanol–water partition coefficient (Wildman–Crippen LogP) is 5.48. The Labute approximate surface area is 113 Å². The standard InChI is InChI=1S/C17H30O/c1-9-13-11-14(16(3,4)5)10-12(2)15(13)18-17(6,7)8/h11-12H,9-10H2,1-8H3. The highest BCUT2D eigenvalue weighted by Crippen LogP contribution is 2.40. The fourth-order valence-electron chi connectivity index (χ4n) is 2.37. The zero-order valence-electron chi connectivity index (χ0n) is 13.5. The molecule has 1 aliphatic rings. The van der Waals surface area contributed by atoms with Crippen LogP contribution >= 0.6 is 0 Å². The molecule has 0 aliphatic heterocycles. The Balaban J connectivity index is 3.13. The number of hydrogen-bond acceptors (Lipinski definition) is 1. The maximum absolute atomic E-state index is 6.19. The van der Waals surface area contributed by atoms with E-state index in [2.05, 4.69) is 61.5 Å². The van der Waals surface area contributed by atoms with E-state index in [1.165, 1.54) is 11.3 Å². The van der Waals surface area contributed by atoms with Crippen LogP contribution in [-0.2, 0) is 4.74 Å². The van der Waals surface area contributed by atoms with E-state index in [0.29, 0.717) is 5.92 Å². The first kappa shape index (κ1) is 15.3. The maximum atomic E-state index is 6.19. The fourth-order valence-corrected chi connectivity index (χ4v) is 2.37. The summed E-state index contributed by atoms with van der Waals surface area (Å²) >= 11 is 0. The van der Waals surface area contributed by atoms with Gasteiger partial charge in [0.1, 0.15) is 11.4 Å². The lowest BCUT2D eigenvalue weighted by molar-refractivity contribution is 0.0322. The Morgan fingerprint density at radius 3 is 2.11 bits per heavy atom. The van der Waals surface area contributed by atoms with Crippen LogP contribution in [0.4, 0.5) is 0 Å². The molecule has 0 bridgehead atoms. The number of ether oxygens (including phenoxy) is 1. The van der Waals surface area contributed by atoms with E-state index in [4.69, 9.17) is 4.74 Å². The molecule has 104 valence electrons. The molecule has 0 radical (unpaired) electrons. The summed E-state index contributed by atoms with van der Waals surface area (Å²) in [5, 5.41) is 0. The first-order valence-corrected chi connectivity index (χ1v) is 7.17. The number of hydrogen-bond donors (Lipinski definition) is 0. The first-order chi connectivity index (χ1) is 8.04. The van der Waals surface area contributed by atoms with Crippen LogP contribution in [0.15, 0.2) is 23.0 Å². The smallest absolute Gasteiger partial charge is 0.103 e. The second-order valence-electron chi connectivity index (χ2n) is 7.48. The molecule has 0 aromatic carbocycles. The highest BCUT2D eigenvalue weighted by Gasteiger charge is 2.29. The SMILES string of the molecule is CCC1=C(OC(C)(C)C)C(C)CC(C(C)(C)C)=C1. The van der Waals surface area contributed by atoms with Gasteiger partial charge in [-0.15, -0.1) is 0 Å². The lowest BCUT2D eigenvalue weighted by Gasteiger charge is -2.35. The lowest BCUT2D eigenvalue weighted by atomic mass is 9.76. The molecular weight excluding hydrogens is 220 g/mol. The molecule has 1 heteroatoms. The van der Waals surface area contributed by atoms with Crippen LogP contribution in [0.25, 0.3) is 0 Å².